The molecule has 0 aliphatic rings. The van der Waals surface area contributed by atoms with Crippen molar-refractivity contribution in [2.75, 3.05) is 12.5 Å². The Morgan fingerprint density at radius 2 is 1.86 bits per heavy atom. The van der Waals surface area contributed by atoms with Gasteiger partial charge in [0.2, 0.25) is 0 Å². The van der Waals surface area contributed by atoms with Crippen LogP contribution in [0.15, 0.2) is 24.3 Å². The van der Waals surface area contributed by atoms with Gasteiger partial charge in [-0.15, -0.1) is 0 Å². The van der Waals surface area contributed by atoms with Gasteiger partial charge in [-0.1, -0.05) is 24.3 Å². The van der Waals surface area contributed by atoms with E-state index in [1.165, 1.54) is 5.37 Å². The average Bonchev–Trinajstić information content (AvgIpc) is 2.01. The van der Waals surface area contributed by atoms with E-state index in [4.69, 9.17) is 0 Å². The van der Waals surface area contributed by atoms with Crippen LogP contribution in [0.3, 0.4) is 0 Å². The van der Waals surface area contributed by atoms with E-state index in [0.29, 0.717) is 5.56 Å². The molecule has 2 nitrogen and oxygen atoms in total. The number of ketones is 1. The summed E-state index contributed by atoms with van der Waals surface area (Å²) in [6.07, 6.45) is 3.12. The molecule has 76 valence electrons. The molecule has 0 atom stereocenters. The summed E-state index contributed by atoms with van der Waals surface area (Å²) in [4.78, 5) is 11.6. The molecular formula is C11H14O2S. The van der Waals surface area contributed by atoms with Gasteiger partial charge in [-0.25, -0.2) is 0 Å². The van der Waals surface area contributed by atoms with Crippen LogP contribution in [0.25, 0.3) is 0 Å². The summed E-state index contributed by atoms with van der Waals surface area (Å²) in [7, 11) is -2.11. The van der Waals surface area contributed by atoms with Crippen molar-refractivity contribution < 1.29 is 9.00 Å². The molecule has 0 radical (unpaired) electrons. The average molecular weight is 210 g/mol. The normalized spacial score (nSPS) is 11.1. The molecule has 0 amide bonds. The smallest absolute Gasteiger partial charge is 0.193 e. The number of hydrogen-bond acceptors (Lipinski definition) is 2. The maximum absolute atomic E-state index is 11.6. The molecule has 1 aromatic rings. The molecule has 0 aliphatic heterocycles. The number of benzene rings is 1. The lowest BCUT2D eigenvalue weighted by Gasteiger charge is -2.01. The number of hydrogen-bond donors (Lipinski definition) is 0. The first-order valence-corrected chi connectivity index (χ1v) is 6.73. The second kappa shape index (κ2) is 3.96. The first kappa shape index (κ1) is 11.0. The highest BCUT2D eigenvalue weighted by Gasteiger charge is 2.06. The highest BCUT2D eigenvalue weighted by Crippen LogP contribution is 2.06. The molecule has 0 N–H and O–H groups in total. The van der Waals surface area contributed by atoms with E-state index in [0.717, 1.165) is 5.56 Å². The maximum atomic E-state index is 11.6. The Balaban J connectivity index is 3.16. The second-order valence-corrected chi connectivity index (χ2v) is 6.46. The number of carbonyl (C=O) groups is 1. The zero-order valence-electron chi connectivity index (χ0n) is 8.61. The van der Waals surface area contributed by atoms with Gasteiger partial charge in [0.25, 0.3) is 0 Å². The van der Waals surface area contributed by atoms with Gasteiger partial charge in [-0.3, -0.25) is 9.00 Å². The zero-order valence-corrected chi connectivity index (χ0v) is 9.43. The van der Waals surface area contributed by atoms with E-state index in [-0.39, 0.29) is 5.78 Å². The Bertz CT molecular complexity index is 458. The fraction of sp³-hybridized carbons (Fsp3) is 0.273. The van der Waals surface area contributed by atoms with Crippen molar-refractivity contribution in [3.05, 3.63) is 35.4 Å². The maximum Gasteiger partial charge on any atom is 0.193 e. The molecule has 0 heterocycles. The minimum Gasteiger partial charge on any atom is -0.289 e. The van der Waals surface area contributed by atoms with Crippen molar-refractivity contribution in [3.63, 3.8) is 0 Å². The van der Waals surface area contributed by atoms with Gasteiger partial charge >= 0.3 is 0 Å². The van der Waals surface area contributed by atoms with Crippen molar-refractivity contribution >= 4 is 20.7 Å². The van der Waals surface area contributed by atoms with E-state index < -0.39 is 9.52 Å². The van der Waals surface area contributed by atoms with Gasteiger partial charge in [0.1, 0.15) is 0 Å². The molecular weight excluding hydrogens is 196 g/mol. The van der Waals surface area contributed by atoms with Crippen LogP contribution in [0.1, 0.15) is 15.9 Å². The van der Waals surface area contributed by atoms with Gasteiger partial charge in [-0.05, 0) is 22.0 Å². The van der Waals surface area contributed by atoms with Crippen LogP contribution in [0, 0.1) is 6.92 Å². The van der Waals surface area contributed by atoms with Gasteiger partial charge in [0, 0.05) is 23.4 Å². The van der Waals surface area contributed by atoms with Gasteiger partial charge in [-0.2, -0.15) is 0 Å². The van der Waals surface area contributed by atoms with Gasteiger partial charge < -0.3 is 0 Å². The molecule has 3 heteroatoms. The Labute approximate surface area is 85.0 Å². The molecule has 0 spiro atoms. The lowest BCUT2D eigenvalue weighted by Crippen LogP contribution is -2.09. The summed E-state index contributed by atoms with van der Waals surface area (Å²) in [5, 5.41) is 1.30. The summed E-state index contributed by atoms with van der Waals surface area (Å²) >= 11 is 0. The summed E-state index contributed by atoms with van der Waals surface area (Å²) in [6.45, 7) is 1.87. The lowest BCUT2D eigenvalue weighted by molar-refractivity contribution is 0.107. The molecule has 1 aromatic carbocycles. The minimum absolute atomic E-state index is 0.155. The van der Waals surface area contributed by atoms with Crippen LogP contribution >= 0.6 is 0 Å². The largest absolute Gasteiger partial charge is 0.289 e. The van der Waals surface area contributed by atoms with E-state index in [1.54, 1.807) is 24.6 Å². The lowest BCUT2D eigenvalue weighted by atomic mass is 10.1. The molecule has 14 heavy (non-hydrogen) atoms. The van der Waals surface area contributed by atoms with Crippen molar-refractivity contribution in [2.45, 2.75) is 6.92 Å². The summed E-state index contributed by atoms with van der Waals surface area (Å²) in [5.41, 5.74) is 1.54. The molecule has 1 rings (SSSR count). The number of Topliss-reactive ketones (excluding diaryl/α,β-unsaturated/α-hetero) is 1. The Morgan fingerprint density at radius 1 is 1.29 bits per heavy atom. The van der Waals surface area contributed by atoms with E-state index >= 15 is 0 Å². The summed E-state index contributed by atoms with van der Waals surface area (Å²) in [6, 6.07) is 7.30. The predicted octanol–water partition coefficient (Wildman–Crippen LogP) is 1.52. The number of rotatable bonds is 2. The summed E-state index contributed by atoms with van der Waals surface area (Å²) < 4.78 is 11.4. The Morgan fingerprint density at radius 3 is 2.36 bits per heavy atom. The van der Waals surface area contributed by atoms with Crippen LogP contribution in [-0.2, 0) is 9.52 Å². The van der Waals surface area contributed by atoms with E-state index in [2.05, 4.69) is 0 Å². The standard InChI is InChI=1S/C11H14O2S/c1-9-6-4-5-7-10(9)11(12)8-14(2,3)13/h4-8H,1-3H3. The van der Waals surface area contributed by atoms with Crippen molar-refractivity contribution in [2.24, 2.45) is 0 Å². The molecule has 0 bridgehead atoms. The SMILES string of the molecule is Cc1ccccc1C(=O)C=S(C)(C)=O. The Kier molecular flexibility index (Phi) is 3.11. The molecule has 0 aliphatic carbocycles. The van der Waals surface area contributed by atoms with E-state index in [1.807, 2.05) is 19.1 Å². The van der Waals surface area contributed by atoms with Crippen LogP contribution in [0.2, 0.25) is 0 Å². The second-order valence-electron chi connectivity index (χ2n) is 3.61. The quantitative estimate of drug-likeness (QED) is 0.548. The fourth-order valence-corrected chi connectivity index (χ4v) is 1.81. The number of carbonyl (C=O) groups excluding carboxylic acids is 1. The van der Waals surface area contributed by atoms with Crippen LogP contribution in [0.4, 0.5) is 0 Å². The van der Waals surface area contributed by atoms with Gasteiger partial charge in [0.15, 0.2) is 5.78 Å². The summed E-state index contributed by atoms with van der Waals surface area (Å²) in [5.74, 6) is -0.155. The monoisotopic (exact) mass is 210 g/mol. The van der Waals surface area contributed by atoms with Crippen LogP contribution < -0.4 is 0 Å². The number of aryl methyl sites for hydroxylation is 1. The van der Waals surface area contributed by atoms with Crippen LogP contribution in [-0.4, -0.2) is 27.9 Å². The van der Waals surface area contributed by atoms with Crippen LogP contribution in [0.5, 0.6) is 0 Å². The third-order valence-corrected chi connectivity index (χ3v) is 2.58. The highest BCUT2D eigenvalue weighted by atomic mass is 32.2. The first-order valence-electron chi connectivity index (χ1n) is 4.29. The molecule has 0 aromatic heterocycles. The minimum atomic E-state index is -2.11. The third kappa shape index (κ3) is 3.00. The molecule has 0 saturated carbocycles. The molecule has 0 fully saturated rings. The fourth-order valence-electron chi connectivity index (χ4n) is 1.17. The van der Waals surface area contributed by atoms with E-state index in [9.17, 15) is 9.00 Å². The van der Waals surface area contributed by atoms with Crippen molar-refractivity contribution in [1.29, 1.82) is 0 Å². The zero-order chi connectivity index (χ0) is 10.8. The Hall–Kier alpha value is -1.09. The van der Waals surface area contributed by atoms with Crippen molar-refractivity contribution in [1.82, 2.24) is 0 Å². The topological polar surface area (TPSA) is 34.1 Å². The highest BCUT2D eigenvalue weighted by molar-refractivity contribution is 8.01. The van der Waals surface area contributed by atoms with Gasteiger partial charge in [0.05, 0.1) is 0 Å². The first-order chi connectivity index (χ1) is 6.40. The molecule has 0 saturated heterocycles. The third-order valence-electron chi connectivity index (χ3n) is 1.80. The predicted molar refractivity (Wildman–Crippen MR) is 61.6 cm³/mol. The van der Waals surface area contributed by atoms with Crippen molar-refractivity contribution in [3.8, 4) is 0 Å². The molecule has 0 unspecified atom stereocenters.